The van der Waals surface area contributed by atoms with Crippen LogP contribution in [0.5, 0.6) is 0 Å². The maximum atomic E-state index is 6.07. The molecule has 1 aliphatic rings. The first kappa shape index (κ1) is 15.7. The Labute approximate surface area is 140 Å². The van der Waals surface area contributed by atoms with Crippen LogP contribution in [0.1, 0.15) is 37.6 Å². The van der Waals surface area contributed by atoms with Crippen LogP contribution in [0.2, 0.25) is 4.34 Å². The van der Waals surface area contributed by atoms with Gasteiger partial charge in [0.2, 0.25) is 0 Å². The quantitative estimate of drug-likeness (QED) is 0.890. The highest BCUT2D eigenvalue weighted by atomic mass is 35.5. The summed E-state index contributed by atoms with van der Waals surface area (Å²) in [5.41, 5.74) is 4.81. The minimum atomic E-state index is 0.581. The first-order valence-electron chi connectivity index (χ1n) is 7.61. The zero-order chi connectivity index (χ0) is 15.7. The lowest BCUT2D eigenvalue weighted by Crippen LogP contribution is -2.32. The van der Waals surface area contributed by atoms with E-state index in [1.54, 1.807) is 0 Å². The van der Waals surface area contributed by atoms with Gasteiger partial charge in [-0.25, -0.2) is 0 Å². The average molecular weight is 337 g/mol. The lowest BCUT2D eigenvalue weighted by molar-refractivity contribution is 0.170. The third-order valence-corrected chi connectivity index (χ3v) is 5.49. The van der Waals surface area contributed by atoms with Gasteiger partial charge in [-0.05, 0) is 30.0 Å². The highest BCUT2D eigenvalue weighted by Crippen LogP contribution is 2.32. The van der Waals surface area contributed by atoms with E-state index in [-0.39, 0.29) is 0 Å². The lowest BCUT2D eigenvalue weighted by atomic mass is 10.1. The first-order chi connectivity index (χ1) is 10.6. The Morgan fingerprint density at radius 3 is 2.82 bits per heavy atom. The molecule has 2 aromatic rings. The van der Waals surface area contributed by atoms with Gasteiger partial charge in [0.15, 0.2) is 0 Å². The molecule has 1 N–H and O–H groups in total. The van der Waals surface area contributed by atoms with E-state index in [1.807, 2.05) is 0 Å². The molecule has 118 valence electrons. The van der Waals surface area contributed by atoms with Crippen LogP contribution in [0.4, 0.5) is 5.69 Å². The number of halogens is 1. The van der Waals surface area contributed by atoms with Crippen molar-refractivity contribution < 1.29 is 0 Å². The van der Waals surface area contributed by atoms with Gasteiger partial charge in [0.25, 0.3) is 0 Å². The van der Waals surface area contributed by atoms with Gasteiger partial charge in [0.1, 0.15) is 10.0 Å². The van der Waals surface area contributed by atoms with Crippen LogP contribution in [0, 0.1) is 5.92 Å². The summed E-state index contributed by atoms with van der Waals surface area (Å²) < 4.78 is 4.53. The van der Waals surface area contributed by atoms with Gasteiger partial charge in [-0.3, -0.25) is 4.90 Å². The fourth-order valence-electron chi connectivity index (χ4n) is 2.80. The Hall–Kier alpha value is -1.17. The molecule has 0 spiro atoms. The molecular weight excluding hydrogens is 316 g/mol. The summed E-state index contributed by atoms with van der Waals surface area (Å²) in [4.78, 5) is 2.54. The maximum absolute atomic E-state index is 6.07. The minimum absolute atomic E-state index is 0.581. The Morgan fingerprint density at radius 1 is 1.32 bits per heavy atom. The van der Waals surface area contributed by atoms with Gasteiger partial charge in [-0.1, -0.05) is 42.1 Å². The van der Waals surface area contributed by atoms with E-state index in [1.165, 1.54) is 28.3 Å². The normalized spacial score (nSPS) is 16.0. The molecule has 1 atom stereocenters. The largest absolute Gasteiger partial charge is 0.379 e. The topological polar surface area (TPSA) is 41.0 Å². The second-order valence-corrected chi connectivity index (χ2v) is 7.54. The Kier molecular flexibility index (Phi) is 4.66. The smallest absolute Gasteiger partial charge is 0.139 e. The van der Waals surface area contributed by atoms with Gasteiger partial charge in [0, 0.05) is 36.4 Å². The molecule has 6 heteroatoms. The van der Waals surface area contributed by atoms with Gasteiger partial charge < -0.3 is 5.32 Å². The summed E-state index contributed by atoms with van der Waals surface area (Å²) in [6.45, 7) is 9.52. The number of nitrogens with one attached hydrogen (secondary N) is 1. The van der Waals surface area contributed by atoms with Crippen molar-refractivity contribution in [3.8, 4) is 0 Å². The third-order valence-electron chi connectivity index (χ3n) is 4.50. The zero-order valence-corrected chi connectivity index (χ0v) is 14.7. The molecular formula is C16H21ClN4S. The number of fused-ring (bicyclic) bond motifs is 1. The van der Waals surface area contributed by atoms with E-state index in [0.717, 1.165) is 18.8 Å². The van der Waals surface area contributed by atoms with Crippen molar-refractivity contribution in [1.82, 2.24) is 14.5 Å². The van der Waals surface area contributed by atoms with Crippen molar-refractivity contribution >= 4 is 28.8 Å². The van der Waals surface area contributed by atoms with Crippen molar-refractivity contribution in [2.45, 2.75) is 46.4 Å². The molecule has 1 aromatic carbocycles. The monoisotopic (exact) mass is 336 g/mol. The Bertz CT molecular complexity index is 655. The minimum Gasteiger partial charge on any atom is -0.379 e. The number of benzene rings is 1. The van der Waals surface area contributed by atoms with E-state index >= 15 is 0 Å². The van der Waals surface area contributed by atoms with E-state index in [2.05, 4.69) is 58.8 Å². The van der Waals surface area contributed by atoms with Gasteiger partial charge in [-0.15, -0.1) is 5.10 Å². The second kappa shape index (κ2) is 6.52. The molecule has 0 fully saturated rings. The number of hydrogen-bond acceptors (Lipinski definition) is 5. The second-order valence-electron chi connectivity index (χ2n) is 6.18. The molecule has 0 amide bonds. The molecule has 1 aliphatic heterocycles. The lowest BCUT2D eigenvalue weighted by Gasteiger charge is -2.27. The van der Waals surface area contributed by atoms with Crippen molar-refractivity contribution in [1.29, 1.82) is 0 Å². The Balaban J connectivity index is 1.74. The molecule has 2 heterocycles. The summed E-state index contributed by atoms with van der Waals surface area (Å²) in [6.07, 6.45) is 0. The van der Waals surface area contributed by atoms with Gasteiger partial charge in [0.05, 0.1) is 6.54 Å². The standard InChI is InChI=1S/C16H21ClN4S/c1-10(2)11(3)21-8-12-5-4-6-14(13(12)9-21)18-7-15-16(17)22-20-19-15/h4-6,10-11,18H,7-9H2,1-3H3/t11-/m1/s1. The highest BCUT2D eigenvalue weighted by molar-refractivity contribution is 7.10. The average Bonchev–Trinajstić information content (AvgIpc) is 3.10. The van der Waals surface area contributed by atoms with E-state index in [9.17, 15) is 0 Å². The van der Waals surface area contributed by atoms with Crippen LogP contribution in [-0.4, -0.2) is 20.5 Å². The summed E-state index contributed by atoms with van der Waals surface area (Å²) in [6, 6.07) is 7.06. The molecule has 4 nitrogen and oxygen atoms in total. The number of nitrogens with zero attached hydrogens (tertiary/aromatic N) is 3. The van der Waals surface area contributed by atoms with Crippen LogP contribution in [0.15, 0.2) is 18.2 Å². The summed E-state index contributed by atoms with van der Waals surface area (Å²) in [7, 11) is 0. The van der Waals surface area contributed by atoms with Gasteiger partial charge >= 0.3 is 0 Å². The first-order valence-corrected chi connectivity index (χ1v) is 8.76. The molecule has 22 heavy (non-hydrogen) atoms. The predicted octanol–water partition coefficient (Wildman–Crippen LogP) is 4.16. The van der Waals surface area contributed by atoms with Crippen LogP contribution in [0.25, 0.3) is 0 Å². The fraction of sp³-hybridized carbons (Fsp3) is 0.500. The third kappa shape index (κ3) is 3.12. The molecule has 1 aromatic heterocycles. The van der Waals surface area contributed by atoms with Gasteiger partial charge in [-0.2, -0.15) is 0 Å². The van der Waals surface area contributed by atoms with E-state index < -0.39 is 0 Å². The maximum Gasteiger partial charge on any atom is 0.139 e. The highest BCUT2D eigenvalue weighted by Gasteiger charge is 2.26. The van der Waals surface area contributed by atoms with Crippen LogP contribution in [0.3, 0.4) is 0 Å². The van der Waals surface area contributed by atoms with Crippen LogP contribution in [-0.2, 0) is 19.6 Å². The summed E-state index contributed by atoms with van der Waals surface area (Å²) in [5.74, 6) is 0.658. The molecule has 0 aliphatic carbocycles. The van der Waals surface area contributed by atoms with Crippen LogP contribution >= 0.6 is 23.1 Å². The molecule has 0 saturated carbocycles. The molecule has 3 rings (SSSR count). The van der Waals surface area contributed by atoms with Crippen molar-refractivity contribution in [3.63, 3.8) is 0 Å². The van der Waals surface area contributed by atoms with E-state index in [0.29, 0.717) is 22.8 Å². The van der Waals surface area contributed by atoms with Crippen molar-refractivity contribution in [2.24, 2.45) is 5.92 Å². The molecule has 0 unspecified atom stereocenters. The van der Waals surface area contributed by atoms with E-state index in [4.69, 9.17) is 11.6 Å². The Morgan fingerprint density at radius 2 is 2.14 bits per heavy atom. The molecule has 0 bridgehead atoms. The van der Waals surface area contributed by atoms with Crippen LogP contribution < -0.4 is 5.32 Å². The SMILES string of the molecule is CC(C)[C@@H](C)N1Cc2cccc(NCc3nnsc3Cl)c2C1. The number of anilines is 1. The van der Waals surface area contributed by atoms with Crippen molar-refractivity contribution in [2.75, 3.05) is 5.32 Å². The molecule has 0 saturated heterocycles. The number of aromatic nitrogens is 2. The van der Waals surface area contributed by atoms with Crippen molar-refractivity contribution in [3.05, 3.63) is 39.4 Å². The predicted molar refractivity (Wildman–Crippen MR) is 92.2 cm³/mol. The fourth-order valence-corrected chi connectivity index (χ4v) is 3.43. The number of hydrogen-bond donors (Lipinski definition) is 1. The number of rotatable bonds is 5. The zero-order valence-electron chi connectivity index (χ0n) is 13.1. The summed E-state index contributed by atoms with van der Waals surface area (Å²) in [5, 5.41) is 7.52. The molecule has 0 radical (unpaired) electrons. The summed E-state index contributed by atoms with van der Waals surface area (Å²) >= 11 is 7.30.